The Balaban J connectivity index is 0.00000161. The molecule has 0 saturated carbocycles. The monoisotopic (exact) mass is 326 g/mol. The summed E-state index contributed by atoms with van der Waals surface area (Å²) in [6.45, 7) is 2.42. The fourth-order valence-electron chi connectivity index (χ4n) is 2.24. The van der Waals surface area contributed by atoms with Gasteiger partial charge in [0, 0.05) is 17.8 Å². The van der Waals surface area contributed by atoms with E-state index in [0.717, 1.165) is 29.6 Å². The van der Waals surface area contributed by atoms with Gasteiger partial charge in [0.1, 0.15) is 5.82 Å². The molecule has 0 radical (unpaired) electrons. The molecule has 2 heterocycles. The van der Waals surface area contributed by atoms with E-state index in [-0.39, 0.29) is 24.1 Å². The van der Waals surface area contributed by atoms with Crippen LogP contribution in [-0.4, -0.2) is 25.5 Å². The van der Waals surface area contributed by atoms with Crippen molar-refractivity contribution in [1.82, 2.24) is 10.6 Å². The van der Waals surface area contributed by atoms with E-state index >= 15 is 0 Å². The Kier molecular flexibility index (Phi) is 5.33. The number of hydrogen-bond acceptors (Lipinski definition) is 3. The molecule has 3 rings (SSSR count). The third kappa shape index (κ3) is 3.81. The predicted molar refractivity (Wildman–Crippen MR) is 86.9 cm³/mol. The predicted octanol–water partition coefficient (Wildman–Crippen LogP) is 3.11. The van der Waals surface area contributed by atoms with Crippen molar-refractivity contribution in [2.45, 2.75) is 6.42 Å². The quantitative estimate of drug-likeness (QED) is 0.851. The van der Waals surface area contributed by atoms with Crippen molar-refractivity contribution in [3.05, 3.63) is 46.6 Å². The number of benzene rings is 1. The van der Waals surface area contributed by atoms with Crippen LogP contribution in [0.15, 0.2) is 35.9 Å². The summed E-state index contributed by atoms with van der Waals surface area (Å²) >= 11 is 1.39. The third-order valence-corrected chi connectivity index (χ3v) is 4.45. The van der Waals surface area contributed by atoms with Gasteiger partial charge in [-0.3, -0.25) is 4.79 Å². The molecule has 0 aliphatic carbocycles. The van der Waals surface area contributed by atoms with Crippen molar-refractivity contribution in [3.8, 4) is 0 Å². The van der Waals surface area contributed by atoms with Gasteiger partial charge in [-0.2, -0.15) is 0 Å². The van der Waals surface area contributed by atoms with E-state index in [0.29, 0.717) is 11.4 Å². The van der Waals surface area contributed by atoms with Gasteiger partial charge in [-0.05, 0) is 42.6 Å². The molecule has 2 N–H and O–H groups in total. The number of rotatable bonds is 3. The van der Waals surface area contributed by atoms with Gasteiger partial charge in [0.2, 0.25) is 0 Å². The first-order valence-corrected chi connectivity index (χ1v) is 7.40. The van der Waals surface area contributed by atoms with Gasteiger partial charge >= 0.3 is 0 Å². The van der Waals surface area contributed by atoms with Crippen LogP contribution in [0, 0.1) is 5.82 Å². The Labute approximate surface area is 132 Å². The van der Waals surface area contributed by atoms with Crippen LogP contribution in [0.25, 0.3) is 10.1 Å². The van der Waals surface area contributed by atoms with E-state index in [1.165, 1.54) is 29.0 Å². The van der Waals surface area contributed by atoms with Gasteiger partial charge in [-0.25, -0.2) is 4.39 Å². The molecule has 1 aliphatic heterocycles. The number of carbonyl (C=O) groups is 1. The zero-order valence-corrected chi connectivity index (χ0v) is 13.0. The fourth-order valence-corrected chi connectivity index (χ4v) is 3.20. The summed E-state index contributed by atoms with van der Waals surface area (Å²) < 4.78 is 14.1. The van der Waals surface area contributed by atoms with Crippen molar-refractivity contribution < 1.29 is 9.18 Å². The Morgan fingerprint density at radius 1 is 1.38 bits per heavy atom. The van der Waals surface area contributed by atoms with Gasteiger partial charge in [-0.1, -0.05) is 11.6 Å². The zero-order valence-electron chi connectivity index (χ0n) is 11.3. The van der Waals surface area contributed by atoms with E-state index in [1.54, 1.807) is 12.1 Å². The molecule has 0 atom stereocenters. The number of nitrogens with one attached hydrogen (secondary N) is 2. The highest BCUT2D eigenvalue weighted by atomic mass is 35.5. The summed E-state index contributed by atoms with van der Waals surface area (Å²) in [6, 6.07) is 6.33. The maximum Gasteiger partial charge on any atom is 0.261 e. The summed E-state index contributed by atoms with van der Waals surface area (Å²) in [7, 11) is 0. The maximum atomic E-state index is 13.1. The molecule has 0 fully saturated rings. The Morgan fingerprint density at radius 2 is 2.24 bits per heavy atom. The average molecular weight is 327 g/mol. The second-order valence-electron chi connectivity index (χ2n) is 4.79. The molecule has 0 spiro atoms. The van der Waals surface area contributed by atoms with Crippen molar-refractivity contribution in [3.63, 3.8) is 0 Å². The van der Waals surface area contributed by atoms with Crippen LogP contribution in [0.4, 0.5) is 4.39 Å². The molecule has 1 amide bonds. The number of halogens is 2. The molecule has 21 heavy (non-hydrogen) atoms. The first-order valence-electron chi connectivity index (χ1n) is 6.58. The number of carbonyl (C=O) groups excluding carboxylic acids is 1. The zero-order chi connectivity index (χ0) is 13.9. The summed E-state index contributed by atoms with van der Waals surface area (Å²) in [5, 5.41) is 6.94. The van der Waals surface area contributed by atoms with Crippen molar-refractivity contribution in [2.24, 2.45) is 0 Å². The topological polar surface area (TPSA) is 41.1 Å². The highest BCUT2D eigenvalue weighted by Gasteiger charge is 2.11. The summed E-state index contributed by atoms with van der Waals surface area (Å²) in [5.74, 6) is -0.367. The molecule has 6 heteroatoms. The Morgan fingerprint density at radius 3 is 3.00 bits per heavy atom. The molecule has 3 nitrogen and oxygen atoms in total. The molecule has 0 unspecified atom stereocenters. The van der Waals surface area contributed by atoms with Crippen LogP contribution in [0.3, 0.4) is 0 Å². The van der Waals surface area contributed by atoms with E-state index in [9.17, 15) is 9.18 Å². The van der Waals surface area contributed by atoms with Crippen molar-refractivity contribution in [2.75, 3.05) is 19.6 Å². The molecule has 2 aromatic rings. The number of fused-ring (bicyclic) bond motifs is 1. The number of amides is 1. The van der Waals surface area contributed by atoms with E-state index in [2.05, 4.69) is 16.7 Å². The first kappa shape index (κ1) is 15.9. The highest BCUT2D eigenvalue weighted by molar-refractivity contribution is 7.20. The lowest BCUT2D eigenvalue weighted by atomic mass is 10.1. The summed E-state index contributed by atoms with van der Waals surface area (Å²) in [4.78, 5) is 12.7. The SMILES string of the molecule is Cl.O=C(NCC1=CCNCC1)c1cc2cc(F)ccc2s1. The molecule has 0 saturated heterocycles. The van der Waals surface area contributed by atoms with Gasteiger partial charge in [0.05, 0.1) is 4.88 Å². The molecule has 0 bridgehead atoms. The summed E-state index contributed by atoms with van der Waals surface area (Å²) in [6.07, 6.45) is 3.09. The third-order valence-electron chi connectivity index (χ3n) is 3.34. The standard InChI is InChI=1S/C15H15FN2OS.ClH/c16-12-1-2-13-11(7-12)8-14(20-13)15(19)18-9-10-3-5-17-6-4-10;/h1-3,7-8,17H,4-6,9H2,(H,18,19);1H. The minimum absolute atomic E-state index is 0. The average Bonchev–Trinajstić information content (AvgIpc) is 2.89. The lowest BCUT2D eigenvalue weighted by molar-refractivity contribution is 0.0960. The largest absolute Gasteiger partial charge is 0.348 e. The van der Waals surface area contributed by atoms with Gasteiger partial charge in [0.15, 0.2) is 0 Å². The maximum absolute atomic E-state index is 13.1. The second kappa shape index (κ2) is 7.02. The van der Waals surface area contributed by atoms with Crippen LogP contribution in [0.2, 0.25) is 0 Å². The van der Waals surface area contributed by atoms with E-state index < -0.39 is 0 Å². The molecule has 1 aromatic carbocycles. The minimum atomic E-state index is -0.276. The lowest BCUT2D eigenvalue weighted by Gasteiger charge is -2.14. The van der Waals surface area contributed by atoms with Gasteiger partial charge in [-0.15, -0.1) is 23.7 Å². The Hall–Kier alpha value is -1.43. The molecular formula is C15H16ClFN2OS. The van der Waals surface area contributed by atoms with Crippen molar-refractivity contribution in [1.29, 1.82) is 0 Å². The normalized spacial score (nSPS) is 14.4. The summed E-state index contributed by atoms with van der Waals surface area (Å²) in [5.41, 5.74) is 1.25. The Bertz CT molecular complexity index is 683. The van der Waals surface area contributed by atoms with Gasteiger partial charge in [0.25, 0.3) is 5.91 Å². The number of hydrogen-bond donors (Lipinski definition) is 2. The second-order valence-corrected chi connectivity index (χ2v) is 5.88. The fraction of sp³-hybridized carbons (Fsp3) is 0.267. The minimum Gasteiger partial charge on any atom is -0.348 e. The van der Waals surface area contributed by atoms with Gasteiger partial charge < -0.3 is 10.6 Å². The molecule has 1 aliphatic rings. The van der Waals surface area contributed by atoms with Crippen LogP contribution >= 0.6 is 23.7 Å². The van der Waals surface area contributed by atoms with Crippen molar-refractivity contribution >= 4 is 39.7 Å². The lowest BCUT2D eigenvalue weighted by Crippen LogP contribution is -2.29. The molecular weight excluding hydrogens is 311 g/mol. The first-order chi connectivity index (χ1) is 9.72. The molecule has 112 valence electrons. The van der Waals surface area contributed by atoms with Crippen LogP contribution < -0.4 is 10.6 Å². The highest BCUT2D eigenvalue weighted by Crippen LogP contribution is 2.26. The number of thiophene rings is 1. The molecule has 1 aromatic heterocycles. The smallest absolute Gasteiger partial charge is 0.261 e. The van der Waals surface area contributed by atoms with E-state index in [4.69, 9.17) is 0 Å². The van der Waals surface area contributed by atoms with Crippen LogP contribution in [0.5, 0.6) is 0 Å². The van der Waals surface area contributed by atoms with E-state index in [1.807, 2.05) is 0 Å². The van der Waals surface area contributed by atoms with Crippen LogP contribution in [0.1, 0.15) is 16.1 Å². The van der Waals surface area contributed by atoms with Crippen LogP contribution in [-0.2, 0) is 0 Å².